The van der Waals surface area contributed by atoms with Crippen molar-refractivity contribution in [3.05, 3.63) is 66.2 Å². The Morgan fingerprint density at radius 1 is 0.920 bits per heavy atom. The number of anilines is 3. The van der Waals surface area contributed by atoms with Crippen molar-refractivity contribution in [1.29, 1.82) is 0 Å². The molecule has 0 spiro atoms. The highest BCUT2D eigenvalue weighted by molar-refractivity contribution is 6.09. The molecule has 25 heavy (non-hydrogen) atoms. The second-order valence-electron chi connectivity index (χ2n) is 5.58. The molecule has 126 valence electrons. The number of amides is 1. The molecule has 6 heteroatoms. The van der Waals surface area contributed by atoms with Crippen molar-refractivity contribution in [2.24, 2.45) is 0 Å². The average molecular weight is 335 g/mol. The van der Waals surface area contributed by atoms with Gasteiger partial charge in [0, 0.05) is 16.9 Å². The summed E-state index contributed by atoms with van der Waals surface area (Å²) in [6, 6.07) is 15.9. The molecule has 7 N–H and O–H groups in total. The number of phenolic OH excluding ortho intramolecular Hbond substituents is 2. The minimum Gasteiger partial charge on any atom is -0.508 e. The Morgan fingerprint density at radius 3 is 2.44 bits per heavy atom. The van der Waals surface area contributed by atoms with Gasteiger partial charge in [0.25, 0.3) is 5.91 Å². The maximum absolute atomic E-state index is 12.7. The normalized spacial score (nSPS) is 10.4. The summed E-state index contributed by atoms with van der Waals surface area (Å²) < 4.78 is 0. The minimum atomic E-state index is -0.358. The van der Waals surface area contributed by atoms with Crippen LogP contribution in [0.4, 0.5) is 17.1 Å². The summed E-state index contributed by atoms with van der Waals surface area (Å²) in [5.74, 6) is -0.313. The van der Waals surface area contributed by atoms with Crippen LogP contribution in [0.3, 0.4) is 0 Å². The van der Waals surface area contributed by atoms with Gasteiger partial charge < -0.3 is 27.0 Å². The Balaban J connectivity index is 1.99. The minimum absolute atomic E-state index is 0.0501. The number of rotatable bonds is 3. The molecule has 0 heterocycles. The van der Waals surface area contributed by atoms with Crippen LogP contribution < -0.4 is 16.8 Å². The van der Waals surface area contributed by atoms with E-state index in [4.69, 9.17) is 11.5 Å². The van der Waals surface area contributed by atoms with Crippen LogP contribution in [-0.2, 0) is 0 Å². The van der Waals surface area contributed by atoms with Crippen LogP contribution in [0.5, 0.6) is 11.5 Å². The molecule has 3 aromatic carbocycles. The molecule has 0 saturated heterocycles. The van der Waals surface area contributed by atoms with Crippen LogP contribution in [-0.4, -0.2) is 16.1 Å². The first-order chi connectivity index (χ1) is 11.9. The van der Waals surface area contributed by atoms with Gasteiger partial charge in [-0.05, 0) is 59.7 Å². The number of carbonyl (C=O) groups is 1. The van der Waals surface area contributed by atoms with Crippen molar-refractivity contribution in [1.82, 2.24) is 0 Å². The predicted molar refractivity (Wildman–Crippen MR) is 98.4 cm³/mol. The molecule has 0 atom stereocenters. The Kier molecular flexibility index (Phi) is 4.18. The van der Waals surface area contributed by atoms with Crippen molar-refractivity contribution >= 4 is 23.0 Å². The maximum Gasteiger partial charge on any atom is 0.256 e. The van der Waals surface area contributed by atoms with E-state index in [1.165, 1.54) is 12.1 Å². The summed E-state index contributed by atoms with van der Waals surface area (Å²) in [5.41, 5.74) is 14.3. The number of hydrogen-bond donors (Lipinski definition) is 5. The monoisotopic (exact) mass is 335 g/mol. The highest BCUT2D eigenvalue weighted by atomic mass is 16.3. The second kappa shape index (κ2) is 6.45. The highest BCUT2D eigenvalue weighted by Gasteiger charge is 2.14. The summed E-state index contributed by atoms with van der Waals surface area (Å²) in [7, 11) is 0. The lowest BCUT2D eigenvalue weighted by Gasteiger charge is -2.12. The summed E-state index contributed by atoms with van der Waals surface area (Å²) in [5, 5.41) is 21.9. The van der Waals surface area contributed by atoms with E-state index in [0.29, 0.717) is 28.1 Å². The molecule has 0 aromatic heterocycles. The number of hydrogen-bond acceptors (Lipinski definition) is 5. The molecule has 0 radical (unpaired) electrons. The first-order valence-corrected chi connectivity index (χ1v) is 7.53. The SMILES string of the molecule is Nc1ccc(C(=O)Nc2ccc(O)c(N)c2)c(-c2cccc(O)c2)c1. The largest absolute Gasteiger partial charge is 0.508 e. The number of nitrogens with two attached hydrogens (primary N) is 2. The van der Waals surface area contributed by atoms with Crippen molar-refractivity contribution < 1.29 is 15.0 Å². The van der Waals surface area contributed by atoms with Crippen LogP contribution in [0.15, 0.2) is 60.7 Å². The first-order valence-electron chi connectivity index (χ1n) is 7.53. The Hall–Kier alpha value is -3.67. The Labute approximate surface area is 144 Å². The van der Waals surface area contributed by atoms with E-state index < -0.39 is 0 Å². The van der Waals surface area contributed by atoms with Gasteiger partial charge in [0.15, 0.2) is 0 Å². The molecule has 3 rings (SSSR count). The van der Waals surface area contributed by atoms with Crippen LogP contribution in [0.1, 0.15) is 10.4 Å². The number of nitrogens with one attached hydrogen (secondary N) is 1. The fourth-order valence-corrected chi connectivity index (χ4v) is 2.50. The highest BCUT2D eigenvalue weighted by Crippen LogP contribution is 2.30. The molecule has 0 saturated carbocycles. The zero-order valence-electron chi connectivity index (χ0n) is 13.2. The third kappa shape index (κ3) is 3.48. The fourth-order valence-electron chi connectivity index (χ4n) is 2.50. The quantitative estimate of drug-likeness (QED) is 0.286. The van der Waals surface area contributed by atoms with Gasteiger partial charge in [0.1, 0.15) is 11.5 Å². The molecule has 6 nitrogen and oxygen atoms in total. The number of aromatic hydroxyl groups is 2. The number of phenols is 2. The van der Waals surface area contributed by atoms with Crippen molar-refractivity contribution in [3.8, 4) is 22.6 Å². The molecule has 1 amide bonds. The zero-order valence-corrected chi connectivity index (χ0v) is 13.2. The van der Waals surface area contributed by atoms with Gasteiger partial charge in [-0.1, -0.05) is 12.1 Å². The Morgan fingerprint density at radius 2 is 1.72 bits per heavy atom. The molecule has 0 fully saturated rings. The molecule has 0 aliphatic rings. The average Bonchev–Trinajstić information content (AvgIpc) is 2.58. The molecular weight excluding hydrogens is 318 g/mol. The van der Waals surface area contributed by atoms with E-state index in [-0.39, 0.29) is 23.1 Å². The maximum atomic E-state index is 12.7. The molecular formula is C19H17N3O3. The lowest BCUT2D eigenvalue weighted by molar-refractivity contribution is 0.102. The molecule has 0 bridgehead atoms. The van der Waals surface area contributed by atoms with Gasteiger partial charge >= 0.3 is 0 Å². The van der Waals surface area contributed by atoms with E-state index in [9.17, 15) is 15.0 Å². The molecule has 3 aromatic rings. The van der Waals surface area contributed by atoms with Crippen LogP contribution in [0.2, 0.25) is 0 Å². The molecule has 0 unspecified atom stereocenters. The summed E-state index contributed by atoms with van der Waals surface area (Å²) in [4.78, 5) is 12.7. The zero-order chi connectivity index (χ0) is 18.0. The smallest absolute Gasteiger partial charge is 0.256 e. The van der Waals surface area contributed by atoms with Crippen LogP contribution >= 0.6 is 0 Å². The number of benzene rings is 3. The van der Waals surface area contributed by atoms with E-state index in [2.05, 4.69) is 5.32 Å². The van der Waals surface area contributed by atoms with E-state index in [0.717, 1.165) is 0 Å². The second-order valence-corrected chi connectivity index (χ2v) is 5.58. The van der Waals surface area contributed by atoms with Gasteiger partial charge in [-0.25, -0.2) is 0 Å². The molecule has 0 aliphatic heterocycles. The Bertz CT molecular complexity index is 954. The van der Waals surface area contributed by atoms with Gasteiger partial charge in [-0.2, -0.15) is 0 Å². The third-order valence-electron chi connectivity index (χ3n) is 3.73. The number of carbonyl (C=O) groups excluding carboxylic acids is 1. The standard InChI is InChI=1S/C19H17N3O3/c20-12-4-6-15(16(9-12)11-2-1-3-14(23)8-11)19(25)22-13-5-7-18(24)17(21)10-13/h1-10,23-24H,20-21H2,(H,22,25). The first kappa shape index (κ1) is 16.2. The topological polar surface area (TPSA) is 122 Å². The van der Waals surface area contributed by atoms with Crippen molar-refractivity contribution in [2.45, 2.75) is 0 Å². The van der Waals surface area contributed by atoms with Crippen molar-refractivity contribution in [3.63, 3.8) is 0 Å². The third-order valence-corrected chi connectivity index (χ3v) is 3.73. The van der Waals surface area contributed by atoms with E-state index in [1.54, 1.807) is 48.5 Å². The van der Waals surface area contributed by atoms with Gasteiger partial charge in [0.05, 0.1) is 5.69 Å². The fraction of sp³-hybridized carbons (Fsp3) is 0. The summed E-state index contributed by atoms with van der Waals surface area (Å²) >= 11 is 0. The van der Waals surface area contributed by atoms with E-state index in [1.807, 2.05) is 0 Å². The summed E-state index contributed by atoms with van der Waals surface area (Å²) in [6.07, 6.45) is 0. The predicted octanol–water partition coefficient (Wildman–Crippen LogP) is 3.18. The van der Waals surface area contributed by atoms with Gasteiger partial charge in [0.2, 0.25) is 0 Å². The van der Waals surface area contributed by atoms with Gasteiger partial charge in [-0.3, -0.25) is 4.79 Å². The van der Waals surface area contributed by atoms with Crippen LogP contribution in [0, 0.1) is 0 Å². The number of nitrogen functional groups attached to an aromatic ring is 2. The van der Waals surface area contributed by atoms with Gasteiger partial charge in [-0.15, -0.1) is 0 Å². The van der Waals surface area contributed by atoms with E-state index >= 15 is 0 Å². The van der Waals surface area contributed by atoms with Crippen molar-refractivity contribution in [2.75, 3.05) is 16.8 Å². The van der Waals surface area contributed by atoms with Crippen LogP contribution in [0.25, 0.3) is 11.1 Å². The summed E-state index contributed by atoms with van der Waals surface area (Å²) in [6.45, 7) is 0. The lowest BCUT2D eigenvalue weighted by atomic mass is 9.98. The lowest BCUT2D eigenvalue weighted by Crippen LogP contribution is -2.13. The molecule has 0 aliphatic carbocycles.